The van der Waals surface area contributed by atoms with Gasteiger partial charge in [0.2, 0.25) is 0 Å². The van der Waals surface area contributed by atoms with Crippen LogP contribution in [0.15, 0.2) is 60.7 Å². The van der Waals surface area contributed by atoms with Crippen LogP contribution in [-0.4, -0.2) is 58.8 Å². The average Bonchev–Trinajstić information content (AvgIpc) is 3.26. The molecule has 34 heavy (non-hydrogen) atoms. The summed E-state index contributed by atoms with van der Waals surface area (Å²) in [5, 5.41) is 14.8. The van der Waals surface area contributed by atoms with Crippen LogP contribution in [-0.2, 0) is 14.2 Å². The van der Waals surface area contributed by atoms with Crippen molar-refractivity contribution in [2.45, 2.75) is 76.4 Å². The Morgan fingerprint density at radius 2 is 1.68 bits per heavy atom. The largest absolute Gasteiger partial charge is 0.444 e. The zero-order valence-electron chi connectivity index (χ0n) is 20.6. The number of nitrogens with zero attached hydrogens (tertiary/aromatic N) is 1. The van der Waals surface area contributed by atoms with Crippen LogP contribution in [0.25, 0.3) is 0 Å². The van der Waals surface area contributed by atoms with E-state index in [0.717, 1.165) is 11.1 Å². The molecule has 2 fully saturated rings. The number of carbonyl (C=O) groups is 1. The summed E-state index contributed by atoms with van der Waals surface area (Å²) in [7, 11) is 0. The Morgan fingerprint density at radius 1 is 1.09 bits per heavy atom. The van der Waals surface area contributed by atoms with E-state index in [1.807, 2.05) is 95.3 Å². The molecule has 0 bridgehead atoms. The van der Waals surface area contributed by atoms with Crippen molar-refractivity contribution in [1.29, 1.82) is 0 Å². The standard InChI is InChI=1S/C27H36N2O5/c1-26(2,3)34-25(31)29-17-21-24(33-27(4,5)32-21)20(29)16-28-22(18-12-8-6-9-13-18)23(30)19-14-10-7-11-15-19/h6-15,20-24,28,30H,16-17H2,1-5H3/t20-,21+,22+,23-,24-/m1/s1. The Hall–Kier alpha value is -2.45. The minimum atomic E-state index is -0.770. The van der Waals surface area contributed by atoms with Gasteiger partial charge in [-0.1, -0.05) is 60.7 Å². The average molecular weight is 469 g/mol. The lowest BCUT2D eigenvalue weighted by atomic mass is 9.95. The van der Waals surface area contributed by atoms with Gasteiger partial charge in [0, 0.05) is 6.54 Å². The monoisotopic (exact) mass is 468 g/mol. The third kappa shape index (κ3) is 5.61. The summed E-state index contributed by atoms with van der Waals surface area (Å²) < 4.78 is 18.0. The van der Waals surface area contributed by atoms with Gasteiger partial charge in [-0.05, 0) is 45.7 Å². The predicted molar refractivity (Wildman–Crippen MR) is 129 cm³/mol. The molecule has 184 valence electrons. The van der Waals surface area contributed by atoms with Crippen LogP contribution in [0.3, 0.4) is 0 Å². The second-order valence-electron chi connectivity index (χ2n) is 10.5. The minimum absolute atomic E-state index is 0.233. The summed E-state index contributed by atoms with van der Waals surface area (Å²) in [6.45, 7) is 10.1. The van der Waals surface area contributed by atoms with Crippen molar-refractivity contribution in [3.63, 3.8) is 0 Å². The van der Waals surface area contributed by atoms with Crippen molar-refractivity contribution >= 4 is 6.09 Å². The molecule has 0 radical (unpaired) electrons. The van der Waals surface area contributed by atoms with E-state index in [1.54, 1.807) is 4.90 Å². The highest BCUT2D eigenvalue weighted by atomic mass is 16.8. The number of ether oxygens (including phenoxy) is 3. The van der Waals surface area contributed by atoms with Crippen LogP contribution in [0.4, 0.5) is 4.79 Å². The van der Waals surface area contributed by atoms with Gasteiger partial charge in [0.05, 0.1) is 24.7 Å². The molecule has 2 aromatic rings. The summed E-state index contributed by atoms with van der Waals surface area (Å²) >= 11 is 0. The molecule has 0 aliphatic carbocycles. The first-order valence-electron chi connectivity index (χ1n) is 11.9. The van der Waals surface area contributed by atoms with Gasteiger partial charge in [-0.3, -0.25) is 4.90 Å². The fourth-order valence-electron chi connectivity index (χ4n) is 4.76. The van der Waals surface area contributed by atoms with Crippen molar-refractivity contribution in [2.75, 3.05) is 13.1 Å². The van der Waals surface area contributed by atoms with Gasteiger partial charge >= 0.3 is 6.09 Å². The molecule has 7 nitrogen and oxygen atoms in total. The topological polar surface area (TPSA) is 80.3 Å². The number of likely N-dealkylation sites (tertiary alicyclic amines) is 1. The van der Waals surface area contributed by atoms with Crippen molar-refractivity contribution in [3.8, 4) is 0 Å². The second-order valence-corrected chi connectivity index (χ2v) is 10.5. The van der Waals surface area contributed by atoms with Gasteiger partial charge < -0.3 is 24.6 Å². The number of amides is 1. The van der Waals surface area contributed by atoms with E-state index in [1.165, 1.54) is 0 Å². The molecule has 2 saturated heterocycles. The highest BCUT2D eigenvalue weighted by molar-refractivity contribution is 5.69. The van der Waals surface area contributed by atoms with E-state index in [-0.39, 0.29) is 24.3 Å². The number of aliphatic hydroxyl groups excluding tert-OH is 1. The third-order valence-corrected chi connectivity index (χ3v) is 6.17. The van der Waals surface area contributed by atoms with E-state index in [4.69, 9.17) is 14.2 Å². The lowest BCUT2D eigenvalue weighted by molar-refractivity contribution is -0.160. The van der Waals surface area contributed by atoms with Crippen LogP contribution in [0.2, 0.25) is 0 Å². The van der Waals surface area contributed by atoms with E-state index in [9.17, 15) is 9.90 Å². The van der Waals surface area contributed by atoms with Crippen molar-refractivity contribution in [2.24, 2.45) is 0 Å². The summed E-state index contributed by atoms with van der Waals surface area (Å²) in [6.07, 6.45) is -1.68. The van der Waals surface area contributed by atoms with Crippen LogP contribution in [0.1, 0.15) is 57.9 Å². The molecular weight excluding hydrogens is 432 g/mol. The maximum Gasteiger partial charge on any atom is 0.410 e. The molecule has 2 aliphatic heterocycles. The Morgan fingerprint density at radius 3 is 2.26 bits per heavy atom. The number of nitrogens with one attached hydrogen (secondary N) is 1. The molecule has 2 aliphatic rings. The lowest BCUT2D eigenvalue weighted by Crippen LogP contribution is -2.49. The Bertz CT molecular complexity index is 960. The van der Waals surface area contributed by atoms with Gasteiger partial charge in [0.25, 0.3) is 0 Å². The van der Waals surface area contributed by atoms with E-state index >= 15 is 0 Å². The molecule has 4 rings (SSSR count). The van der Waals surface area contributed by atoms with Gasteiger partial charge in [0.1, 0.15) is 17.8 Å². The van der Waals surface area contributed by atoms with Crippen LogP contribution in [0.5, 0.6) is 0 Å². The number of hydrogen-bond donors (Lipinski definition) is 2. The number of aliphatic hydroxyl groups is 1. The maximum absolute atomic E-state index is 13.0. The van der Waals surface area contributed by atoms with Crippen molar-refractivity contribution in [1.82, 2.24) is 10.2 Å². The van der Waals surface area contributed by atoms with Crippen LogP contribution >= 0.6 is 0 Å². The summed E-state index contributed by atoms with van der Waals surface area (Å²) in [5.74, 6) is -0.712. The van der Waals surface area contributed by atoms with Gasteiger partial charge in [0.15, 0.2) is 5.79 Å². The van der Waals surface area contributed by atoms with Crippen LogP contribution in [0, 0.1) is 0 Å². The van der Waals surface area contributed by atoms with Gasteiger partial charge in [-0.2, -0.15) is 0 Å². The first kappa shape index (κ1) is 24.7. The Balaban J connectivity index is 1.57. The molecule has 1 amide bonds. The summed E-state index contributed by atoms with van der Waals surface area (Å²) in [6, 6.07) is 18.7. The number of rotatable bonds is 6. The number of carbonyl (C=O) groups excluding carboxylic acids is 1. The van der Waals surface area contributed by atoms with Crippen molar-refractivity contribution in [3.05, 3.63) is 71.8 Å². The Kier molecular flexibility index (Phi) is 7.01. The first-order valence-corrected chi connectivity index (χ1v) is 11.9. The highest BCUT2D eigenvalue weighted by Crippen LogP contribution is 2.38. The van der Waals surface area contributed by atoms with Crippen LogP contribution < -0.4 is 5.32 Å². The fraction of sp³-hybridized carbons (Fsp3) is 0.519. The first-order chi connectivity index (χ1) is 16.0. The quantitative estimate of drug-likeness (QED) is 0.662. The molecular formula is C27H36N2O5. The van der Waals surface area contributed by atoms with E-state index < -0.39 is 23.6 Å². The SMILES string of the molecule is CC(C)(C)OC(=O)N1C[C@@H]2OC(C)(C)O[C@@H]2[C@H]1CN[C@@H](c1ccccc1)[C@H](O)c1ccccc1. The van der Waals surface area contributed by atoms with Gasteiger partial charge in [-0.25, -0.2) is 4.79 Å². The summed E-state index contributed by atoms with van der Waals surface area (Å²) in [4.78, 5) is 14.7. The molecule has 0 aromatic heterocycles. The molecule has 7 heteroatoms. The molecule has 0 unspecified atom stereocenters. The predicted octanol–water partition coefficient (Wildman–Crippen LogP) is 4.19. The fourth-order valence-corrected chi connectivity index (χ4v) is 4.76. The highest BCUT2D eigenvalue weighted by Gasteiger charge is 2.54. The molecule has 2 N–H and O–H groups in total. The van der Waals surface area contributed by atoms with E-state index in [2.05, 4.69) is 5.32 Å². The molecule has 2 aromatic carbocycles. The molecule has 0 spiro atoms. The minimum Gasteiger partial charge on any atom is -0.444 e. The number of benzene rings is 2. The normalized spacial score (nSPS) is 25.6. The smallest absolute Gasteiger partial charge is 0.410 e. The zero-order valence-corrected chi connectivity index (χ0v) is 20.6. The Labute approximate surface area is 202 Å². The maximum atomic E-state index is 13.0. The molecule has 0 saturated carbocycles. The molecule has 2 heterocycles. The third-order valence-electron chi connectivity index (χ3n) is 6.17. The van der Waals surface area contributed by atoms with Gasteiger partial charge in [-0.15, -0.1) is 0 Å². The zero-order chi connectivity index (χ0) is 24.5. The van der Waals surface area contributed by atoms with E-state index in [0.29, 0.717) is 13.1 Å². The molecule has 5 atom stereocenters. The lowest BCUT2D eigenvalue weighted by Gasteiger charge is -2.33. The summed E-state index contributed by atoms with van der Waals surface area (Å²) in [5.41, 5.74) is 1.17. The van der Waals surface area contributed by atoms with Crippen molar-refractivity contribution < 1.29 is 24.1 Å². The number of hydrogen-bond acceptors (Lipinski definition) is 6. The second kappa shape index (κ2) is 9.66. The number of fused-ring (bicyclic) bond motifs is 1.